The number of hydrogen-bond donors (Lipinski definition) is 3. The minimum absolute atomic E-state index is 0.215. The summed E-state index contributed by atoms with van der Waals surface area (Å²) in [7, 11) is 0. The number of carbonyl (C=O) groups is 1. The maximum atomic E-state index is 11.8. The number of aliphatic hydroxyl groups excluding tert-OH is 1. The van der Waals surface area contributed by atoms with Crippen LogP contribution in [0.3, 0.4) is 0 Å². The van der Waals surface area contributed by atoms with Crippen molar-refractivity contribution in [3.05, 3.63) is 22.4 Å². The number of likely N-dealkylation sites (tertiary alicyclic amines) is 1. The molecular formula is C16H27N3O2S. The molecule has 1 fully saturated rings. The fourth-order valence-electron chi connectivity index (χ4n) is 2.72. The Labute approximate surface area is 136 Å². The zero-order valence-corrected chi connectivity index (χ0v) is 14.2. The Balaban J connectivity index is 1.90. The molecule has 1 aliphatic heterocycles. The maximum absolute atomic E-state index is 11.8. The van der Waals surface area contributed by atoms with Gasteiger partial charge in [-0.15, -0.1) is 11.3 Å². The summed E-state index contributed by atoms with van der Waals surface area (Å²) >= 11 is 1.74. The first-order valence-electron chi connectivity index (χ1n) is 8.03. The molecule has 2 heterocycles. The van der Waals surface area contributed by atoms with Crippen molar-refractivity contribution in [1.29, 1.82) is 0 Å². The third kappa shape index (κ3) is 5.26. The topological polar surface area (TPSA) is 64.6 Å². The number of piperidine rings is 1. The normalized spacial score (nSPS) is 19.6. The zero-order chi connectivity index (χ0) is 15.9. The van der Waals surface area contributed by atoms with Crippen molar-refractivity contribution in [3.63, 3.8) is 0 Å². The number of nitrogens with zero attached hydrogens (tertiary/aromatic N) is 1. The second-order valence-electron chi connectivity index (χ2n) is 6.19. The van der Waals surface area contributed by atoms with Crippen LogP contribution in [-0.2, 0) is 0 Å². The van der Waals surface area contributed by atoms with Crippen LogP contribution in [0.4, 0.5) is 4.79 Å². The van der Waals surface area contributed by atoms with Gasteiger partial charge in [0, 0.05) is 18.0 Å². The molecule has 2 amide bonds. The van der Waals surface area contributed by atoms with Gasteiger partial charge in [-0.1, -0.05) is 13.0 Å². The molecule has 2 atom stereocenters. The van der Waals surface area contributed by atoms with Gasteiger partial charge in [-0.2, -0.15) is 0 Å². The summed E-state index contributed by atoms with van der Waals surface area (Å²) in [6, 6.07) is 4.23. The van der Waals surface area contributed by atoms with E-state index in [1.54, 1.807) is 18.3 Å². The monoisotopic (exact) mass is 325 g/mol. The Hall–Kier alpha value is -1.11. The first-order chi connectivity index (χ1) is 10.6. The molecule has 1 saturated heterocycles. The van der Waals surface area contributed by atoms with Crippen molar-refractivity contribution in [2.24, 2.45) is 5.92 Å². The molecule has 5 nitrogen and oxygen atoms in total. The molecule has 0 saturated carbocycles. The van der Waals surface area contributed by atoms with Crippen LogP contribution >= 0.6 is 11.3 Å². The minimum atomic E-state index is -0.526. The molecule has 0 aliphatic carbocycles. The van der Waals surface area contributed by atoms with Crippen molar-refractivity contribution in [3.8, 4) is 0 Å². The molecule has 2 rings (SSSR count). The van der Waals surface area contributed by atoms with Crippen molar-refractivity contribution in [2.75, 3.05) is 26.2 Å². The number of thiophene rings is 1. The lowest BCUT2D eigenvalue weighted by Gasteiger charge is -2.36. The van der Waals surface area contributed by atoms with Crippen molar-refractivity contribution in [1.82, 2.24) is 15.5 Å². The van der Waals surface area contributed by atoms with Crippen LogP contribution in [-0.4, -0.2) is 48.3 Å². The molecular weight excluding hydrogens is 298 g/mol. The smallest absolute Gasteiger partial charge is 0.314 e. The van der Waals surface area contributed by atoms with Crippen LogP contribution in [0.15, 0.2) is 17.5 Å². The van der Waals surface area contributed by atoms with E-state index in [1.165, 1.54) is 17.7 Å². The van der Waals surface area contributed by atoms with E-state index in [9.17, 15) is 9.90 Å². The standard InChI is InChI=1S/C16H27N3O2S/c1-12-5-7-19(8-6-12)14(15-4-3-9-22-15)11-18-16(21)17-10-13(2)20/h3-4,9,12-14,20H,5-8,10-11H2,1-2H3,(H2,17,18,21). The Morgan fingerprint density at radius 1 is 1.41 bits per heavy atom. The van der Waals surface area contributed by atoms with Crippen LogP contribution in [0.25, 0.3) is 0 Å². The van der Waals surface area contributed by atoms with Crippen LogP contribution in [0.2, 0.25) is 0 Å². The van der Waals surface area contributed by atoms with Gasteiger partial charge in [0.1, 0.15) is 0 Å². The van der Waals surface area contributed by atoms with Crippen LogP contribution < -0.4 is 10.6 Å². The highest BCUT2D eigenvalue weighted by Gasteiger charge is 2.25. The molecule has 1 aliphatic rings. The second-order valence-corrected chi connectivity index (χ2v) is 7.17. The van der Waals surface area contributed by atoms with Gasteiger partial charge in [-0.05, 0) is 50.2 Å². The zero-order valence-electron chi connectivity index (χ0n) is 13.4. The molecule has 2 unspecified atom stereocenters. The number of carbonyl (C=O) groups excluding carboxylic acids is 1. The van der Waals surface area contributed by atoms with E-state index in [0.29, 0.717) is 6.54 Å². The summed E-state index contributed by atoms with van der Waals surface area (Å²) in [5, 5.41) is 16.9. The summed E-state index contributed by atoms with van der Waals surface area (Å²) in [5.74, 6) is 0.794. The number of rotatable bonds is 6. The van der Waals surface area contributed by atoms with E-state index in [2.05, 4.69) is 40.0 Å². The van der Waals surface area contributed by atoms with Crippen LogP contribution in [0.1, 0.15) is 37.6 Å². The first-order valence-corrected chi connectivity index (χ1v) is 8.91. The molecule has 0 aromatic carbocycles. The Bertz CT molecular complexity index is 442. The Morgan fingerprint density at radius 3 is 2.68 bits per heavy atom. The number of amides is 2. The van der Waals surface area contributed by atoms with Gasteiger partial charge in [0.25, 0.3) is 0 Å². The van der Waals surface area contributed by atoms with Gasteiger partial charge in [0.05, 0.1) is 12.1 Å². The van der Waals surface area contributed by atoms with Crippen molar-refractivity contribution in [2.45, 2.75) is 38.8 Å². The quantitative estimate of drug-likeness (QED) is 0.751. The van der Waals surface area contributed by atoms with Gasteiger partial charge < -0.3 is 15.7 Å². The predicted molar refractivity (Wildman–Crippen MR) is 90.1 cm³/mol. The molecule has 0 radical (unpaired) electrons. The molecule has 22 heavy (non-hydrogen) atoms. The van der Waals surface area contributed by atoms with Gasteiger partial charge >= 0.3 is 6.03 Å². The highest BCUT2D eigenvalue weighted by Crippen LogP contribution is 2.28. The van der Waals surface area contributed by atoms with Crippen molar-refractivity contribution >= 4 is 17.4 Å². The lowest BCUT2D eigenvalue weighted by molar-refractivity contribution is 0.137. The predicted octanol–water partition coefficient (Wildman–Crippen LogP) is 2.20. The summed E-state index contributed by atoms with van der Waals surface area (Å²) in [4.78, 5) is 15.6. The minimum Gasteiger partial charge on any atom is -0.392 e. The average Bonchev–Trinajstić information content (AvgIpc) is 3.01. The van der Waals surface area contributed by atoms with Crippen molar-refractivity contribution < 1.29 is 9.90 Å². The lowest BCUT2D eigenvalue weighted by Crippen LogP contribution is -2.45. The van der Waals surface area contributed by atoms with Gasteiger partial charge in [-0.25, -0.2) is 4.79 Å². The average molecular weight is 325 g/mol. The number of aliphatic hydroxyl groups is 1. The Kier molecular flexibility index (Phi) is 6.67. The highest BCUT2D eigenvalue weighted by atomic mass is 32.1. The van der Waals surface area contributed by atoms with Crippen LogP contribution in [0, 0.1) is 5.92 Å². The highest BCUT2D eigenvalue weighted by molar-refractivity contribution is 7.10. The molecule has 6 heteroatoms. The summed E-state index contributed by atoms with van der Waals surface area (Å²) in [6.45, 7) is 7.00. The molecule has 124 valence electrons. The molecule has 3 N–H and O–H groups in total. The molecule has 0 spiro atoms. The maximum Gasteiger partial charge on any atom is 0.314 e. The van der Waals surface area contributed by atoms with Gasteiger partial charge in [0.15, 0.2) is 0 Å². The first kappa shape index (κ1) is 17.2. The molecule has 1 aromatic heterocycles. The summed E-state index contributed by atoms with van der Waals surface area (Å²) in [6.07, 6.45) is 1.91. The second kappa shape index (κ2) is 8.50. The summed E-state index contributed by atoms with van der Waals surface area (Å²) in [5.41, 5.74) is 0. The Morgan fingerprint density at radius 2 is 2.09 bits per heavy atom. The van der Waals surface area contributed by atoms with Gasteiger partial charge in [0.2, 0.25) is 0 Å². The van der Waals surface area contributed by atoms with Gasteiger partial charge in [-0.3, -0.25) is 4.90 Å². The van der Waals surface area contributed by atoms with E-state index in [4.69, 9.17) is 0 Å². The number of nitrogens with one attached hydrogen (secondary N) is 2. The largest absolute Gasteiger partial charge is 0.392 e. The fourth-order valence-corrected chi connectivity index (χ4v) is 3.58. The third-order valence-corrected chi connectivity index (χ3v) is 5.12. The number of hydrogen-bond acceptors (Lipinski definition) is 4. The molecule has 0 bridgehead atoms. The third-order valence-electron chi connectivity index (χ3n) is 4.14. The SMILES string of the molecule is CC(O)CNC(=O)NCC(c1cccs1)N1CCC(C)CC1. The summed E-state index contributed by atoms with van der Waals surface area (Å²) < 4.78 is 0. The van der Waals surface area contributed by atoms with E-state index >= 15 is 0 Å². The lowest BCUT2D eigenvalue weighted by atomic mass is 9.97. The number of urea groups is 1. The fraction of sp³-hybridized carbons (Fsp3) is 0.688. The van der Waals surface area contributed by atoms with E-state index < -0.39 is 6.10 Å². The van der Waals surface area contributed by atoms with E-state index in [-0.39, 0.29) is 18.6 Å². The van der Waals surface area contributed by atoms with Crippen LogP contribution in [0.5, 0.6) is 0 Å². The van der Waals surface area contributed by atoms with E-state index in [0.717, 1.165) is 19.0 Å². The van der Waals surface area contributed by atoms with E-state index in [1.807, 2.05) is 0 Å². The molecule has 1 aromatic rings.